The van der Waals surface area contributed by atoms with Gasteiger partial charge >= 0.3 is 0 Å². The van der Waals surface area contributed by atoms with E-state index in [9.17, 15) is 0 Å². The summed E-state index contributed by atoms with van der Waals surface area (Å²) >= 11 is 0. The molecule has 2 aromatic carbocycles. The van der Waals surface area contributed by atoms with Gasteiger partial charge in [0.1, 0.15) is 5.75 Å². The number of para-hydroxylation sites is 1. The quantitative estimate of drug-likeness (QED) is 0.346. The van der Waals surface area contributed by atoms with Gasteiger partial charge in [-0.25, -0.2) is 4.99 Å². The minimum Gasteiger partial charge on any atom is -0.493 e. The molecule has 1 atom stereocenters. The molecule has 1 aliphatic heterocycles. The van der Waals surface area contributed by atoms with Crippen LogP contribution < -0.4 is 15.8 Å². The highest BCUT2D eigenvalue weighted by molar-refractivity contribution is 14.0. The van der Waals surface area contributed by atoms with Gasteiger partial charge in [-0.1, -0.05) is 56.3 Å². The molecule has 0 saturated carbocycles. The van der Waals surface area contributed by atoms with Crippen molar-refractivity contribution < 1.29 is 4.74 Å². The van der Waals surface area contributed by atoms with Crippen molar-refractivity contribution in [1.29, 1.82) is 0 Å². The number of halogens is 1. The molecule has 2 aromatic rings. The maximum atomic E-state index is 6.13. The first kappa shape index (κ1) is 22.5. The van der Waals surface area contributed by atoms with Crippen LogP contribution in [-0.2, 0) is 13.1 Å². The van der Waals surface area contributed by atoms with E-state index in [0.717, 1.165) is 42.9 Å². The smallest absolute Gasteiger partial charge is 0.189 e. The summed E-state index contributed by atoms with van der Waals surface area (Å²) in [6, 6.07) is 16.9. The molecule has 0 radical (unpaired) electrons. The summed E-state index contributed by atoms with van der Waals surface area (Å²) in [6.07, 6.45) is 0.882. The molecule has 0 spiro atoms. The van der Waals surface area contributed by atoms with E-state index < -0.39 is 0 Å². The number of fused-ring (bicyclic) bond motifs is 1. The molecule has 0 saturated heterocycles. The van der Waals surface area contributed by atoms with Crippen LogP contribution in [-0.4, -0.2) is 30.6 Å². The highest BCUT2D eigenvalue weighted by atomic mass is 127. The minimum atomic E-state index is 0. The summed E-state index contributed by atoms with van der Waals surface area (Å²) < 4.78 is 5.70. The molecule has 5 nitrogen and oxygen atoms in total. The number of guanidine groups is 1. The Morgan fingerprint density at radius 2 is 1.79 bits per heavy atom. The predicted octanol–water partition coefficient (Wildman–Crippen LogP) is 4.07. The summed E-state index contributed by atoms with van der Waals surface area (Å²) in [5, 5.41) is 3.34. The van der Waals surface area contributed by atoms with Gasteiger partial charge in [0.2, 0.25) is 0 Å². The number of aliphatic imine (C=N–C) groups is 1. The Hall–Kier alpha value is -1.80. The van der Waals surface area contributed by atoms with Crippen molar-refractivity contribution in [3.05, 3.63) is 65.2 Å². The lowest BCUT2D eigenvalue weighted by Gasteiger charge is -2.26. The molecule has 0 amide bonds. The van der Waals surface area contributed by atoms with Crippen molar-refractivity contribution in [2.75, 3.05) is 19.7 Å². The van der Waals surface area contributed by atoms with Gasteiger partial charge in [-0.2, -0.15) is 0 Å². The van der Waals surface area contributed by atoms with Crippen LogP contribution in [0.3, 0.4) is 0 Å². The molecular formula is C22H31IN4O. The van der Waals surface area contributed by atoms with Gasteiger partial charge in [0.25, 0.3) is 0 Å². The number of nitrogens with two attached hydrogens (primary N) is 1. The van der Waals surface area contributed by atoms with E-state index in [1.54, 1.807) is 0 Å². The molecule has 3 rings (SSSR count). The lowest BCUT2D eigenvalue weighted by Crippen LogP contribution is -2.37. The summed E-state index contributed by atoms with van der Waals surface area (Å²) in [7, 11) is 0. The molecule has 3 N–H and O–H groups in total. The van der Waals surface area contributed by atoms with Crippen LogP contribution in [0, 0.1) is 0 Å². The first-order valence-corrected chi connectivity index (χ1v) is 9.78. The highest BCUT2D eigenvalue weighted by Gasteiger charge is 2.21. The average molecular weight is 494 g/mol. The van der Waals surface area contributed by atoms with E-state index in [4.69, 9.17) is 10.5 Å². The van der Waals surface area contributed by atoms with Crippen molar-refractivity contribution in [2.45, 2.75) is 39.4 Å². The molecule has 0 bridgehead atoms. The number of benzene rings is 2. The van der Waals surface area contributed by atoms with Crippen LogP contribution in [0.4, 0.5) is 0 Å². The van der Waals surface area contributed by atoms with E-state index >= 15 is 0 Å². The van der Waals surface area contributed by atoms with E-state index in [1.165, 1.54) is 5.56 Å². The Bertz CT molecular complexity index is 759. The first-order valence-electron chi connectivity index (χ1n) is 9.78. The molecule has 0 aromatic heterocycles. The summed E-state index contributed by atoms with van der Waals surface area (Å²) in [5.74, 6) is 1.40. The van der Waals surface area contributed by atoms with E-state index in [1.807, 2.05) is 18.2 Å². The first-order chi connectivity index (χ1) is 13.2. The monoisotopic (exact) mass is 494 g/mol. The van der Waals surface area contributed by atoms with Gasteiger partial charge in [-0.15, -0.1) is 24.0 Å². The van der Waals surface area contributed by atoms with Gasteiger partial charge < -0.3 is 15.8 Å². The van der Waals surface area contributed by atoms with Gasteiger partial charge in [-0.05, 0) is 30.3 Å². The zero-order valence-electron chi connectivity index (χ0n) is 16.7. The van der Waals surface area contributed by atoms with Crippen LogP contribution in [0.2, 0.25) is 0 Å². The number of rotatable bonds is 7. The second-order valence-electron chi connectivity index (χ2n) is 6.85. The Morgan fingerprint density at radius 3 is 2.50 bits per heavy atom. The second kappa shape index (κ2) is 11.3. The molecule has 152 valence electrons. The average Bonchev–Trinajstić information content (AvgIpc) is 2.71. The second-order valence-corrected chi connectivity index (χ2v) is 6.85. The third-order valence-corrected chi connectivity index (χ3v) is 5.04. The van der Waals surface area contributed by atoms with Crippen LogP contribution in [0.1, 0.15) is 43.0 Å². The minimum absolute atomic E-state index is 0. The number of nitrogens with one attached hydrogen (secondary N) is 1. The maximum Gasteiger partial charge on any atom is 0.189 e. The van der Waals surface area contributed by atoms with Gasteiger partial charge in [-0.3, -0.25) is 4.90 Å². The lowest BCUT2D eigenvalue weighted by atomic mass is 10.0. The molecule has 1 unspecified atom stereocenters. The molecule has 1 heterocycles. The summed E-state index contributed by atoms with van der Waals surface area (Å²) in [4.78, 5) is 6.92. The molecule has 0 aliphatic carbocycles. The van der Waals surface area contributed by atoms with Crippen LogP contribution >= 0.6 is 24.0 Å². The fourth-order valence-corrected chi connectivity index (χ4v) is 3.35. The Balaban J connectivity index is 0.00000280. The molecule has 0 fully saturated rings. The van der Waals surface area contributed by atoms with Crippen molar-refractivity contribution >= 4 is 29.9 Å². The van der Waals surface area contributed by atoms with Crippen LogP contribution in [0.25, 0.3) is 0 Å². The number of nitrogens with zero attached hydrogens (tertiary/aromatic N) is 2. The summed E-state index contributed by atoms with van der Waals surface area (Å²) in [5.41, 5.74) is 9.77. The third kappa shape index (κ3) is 6.10. The Kier molecular flexibility index (Phi) is 9.05. The van der Waals surface area contributed by atoms with Crippen molar-refractivity contribution in [1.82, 2.24) is 10.2 Å². The van der Waals surface area contributed by atoms with Crippen molar-refractivity contribution in [3.63, 3.8) is 0 Å². The number of hydrogen-bond acceptors (Lipinski definition) is 3. The van der Waals surface area contributed by atoms with Crippen LogP contribution in [0.15, 0.2) is 53.5 Å². The maximum absolute atomic E-state index is 6.13. The molecular weight excluding hydrogens is 463 g/mol. The standard InChI is InChI=1S/C22H30N4O.HI/c1-3-26(4-2)16-18-11-9-17(10-12-18)15-24-22(23)25-20-13-14-27-21-8-6-5-7-19(20)21;/h5-12,20H,3-4,13-16H2,1-2H3,(H3,23,24,25);1H. The molecule has 1 aliphatic rings. The van der Waals surface area contributed by atoms with Gasteiger partial charge in [0.05, 0.1) is 19.2 Å². The Morgan fingerprint density at radius 1 is 1.11 bits per heavy atom. The van der Waals surface area contributed by atoms with E-state index in [-0.39, 0.29) is 30.0 Å². The largest absolute Gasteiger partial charge is 0.493 e. The zero-order chi connectivity index (χ0) is 19.1. The number of hydrogen-bond donors (Lipinski definition) is 2. The fraction of sp³-hybridized carbons (Fsp3) is 0.409. The summed E-state index contributed by atoms with van der Waals surface area (Å²) in [6.45, 7) is 8.78. The van der Waals surface area contributed by atoms with Gasteiger partial charge in [0.15, 0.2) is 5.96 Å². The van der Waals surface area contributed by atoms with Crippen molar-refractivity contribution in [2.24, 2.45) is 10.7 Å². The van der Waals surface area contributed by atoms with E-state index in [2.05, 4.69) is 59.4 Å². The highest BCUT2D eigenvalue weighted by Crippen LogP contribution is 2.31. The number of ether oxygens (including phenoxy) is 1. The third-order valence-electron chi connectivity index (χ3n) is 5.04. The topological polar surface area (TPSA) is 62.9 Å². The SMILES string of the molecule is CCN(CC)Cc1ccc(CN=C(N)NC2CCOc3ccccc32)cc1.I. The fourth-order valence-electron chi connectivity index (χ4n) is 3.35. The molecule has 6 heteroatoms. The van der Waals surface area contributed by atoms with Crippen LogP contribution in [0.5, 0.6) is 5.75 Å². The van der Waals surface area contributed by atoms with E-state index in [0.29, 0.717) is 19.1 Å². The van der Waals surface area contributed by atoms with Gasteiger partial charge in [0, 0.05) is 18.5 Å². The normalized spacial score (nSPS) is 16.1. The Labute approximate surface area is 185 Å². The lowest BCUT2D eigenvalue weighted by molar-refractivity contribution is 0.262. The zero-order valence-corrected chi connectivity index (χ0v) is 19.1. The molecule has 28 heavy (non-hydrogen) atoms. The predicted molar refractivity (Wildman–Crippen MR) is 126 cm³/mol. The van der Waals surface area contributed by atoms with Crippen molar-refractivity contribution in [3.8, 4) is 5.75 Å².